The zero-order valence-corrected chi connectivity index (χ0v) is 17.2. The maximum absolute atomic E-state index is 13.1. The van der Waals surface area contributed by atoms with Gasteiger partial charge in [0.15, 0.2) is 6.61 Å². The molecule has 0 bridgehead atoms. The number of methoxy groups -OCH3 is 1. The Morgan fingerprint density at radius 1 is 1.07 bits per heavy atom. The van der Waals surface area contributed by atoms with E-state index in [0.29, 0.717) is 6.07 Å². The molecule has 1 amide bonds. The molecule has 2 aromatic carbocycles. The van der Waals surface area contributed by atoms with Crippen LogP contribution in [0.3, 0.4) is 0 Å². The molecule has 0 heterocycles. The molecule has 2 aromatic rings. The summed E-state index contributed by atoms with van der Waals surface area (Å²) in [6.45, 7) is 2.51. The van der Waals surface area contributed by atoms with Crippen molar-refractivity contribution in [1.29, 1.82) is 0 Å². The van der Waals surface area contributed by atoms with E-state index in [1.807, 2.05) is 0 Å². The van der Waals surface area contributed by atoms with Crippen LogP contribution in [-0.2, 0) is 19.6 Å². The Labute approximate surface area is 172 Å². The minimum absolute atomic E-state index is 0.0190. The lowest BCUT2D eigenvalue weighted by molar-refractivity contribution is -0.119. The molecule has 0 saturated heterocycles. The van der Waals surface area contributed by atoms with Crippen molar-refractivity contribution in [3.63, 3.8) is 0 Å². The van der Waals surface area contributed by atoms with E-state index >= 15 is 0 Å². The van der Waals surface area contributed by atoms with Gasteiger partial charge in [0.1, 0.15) is 22.3 Å². The second kappa shape index (κ2) is 9.63. The first-order valence-electron chi connectivity index (χ1n) is 8.65. The first kappa shape index (κ1) is 23.2. The first-order chi connectivity index (χ1) is 14.0. The van der Waals surface area contributed by atoms with Crippen molar-refractivity contribution >= 4 is 27.6 Å². The summed E-state index contributed by atoms with van der Waals surface area (Å²) in [5.41, 5.74) is -0.282. The molecule has 0 spiro atoms. The van der Waals surface area contributed by atoms with E-state index in [0.717, 1.165) is 18.2 Å². The number of esters is 1. The van der Waals surface area contributed by atoms with Crippen molar-refractivity contribution in [2.45, 2.75) is 24.8 Å². The highest BCUT2D eigenvalue weighted by Crippen LogP contribution is 2.25. The fraction of sp³-hybridized carbons (Fsp3) is 0.263. The predicted molar refractivity (Wildman–Crippen MR) is 104 cm³/mol. The van der Waals surface area contributed by atoms with Gasteiger partial charge in [-0.15, -0.1) is 0 Å². The summed E-state index contributed by atoms with van der Waals surface area (Å²) in [6, 6.07) is 5.64. The Morgan fingerprint density at radius 2 is 1.70 bits per heavy atom. The third-order valence-corrected chi connectivity index (χ3v) is 5.24. The lowest BCUT2D eigenvalue weighted by atomic mass is 10.2. The van der Waals surface area contributed by atoms with Crippen LogP contribution in [0.25, 0.3) is 0 Å². The minimum Gasteiger partial charge on any atom is -0.495 e. The molecular weight excluding hydrogens is 422 g/mol. The third kappa shape index (κ3) is 6.22. The fourth-order valence-electron chi connectivity index (χ4n) is 2.42. The predicted octanol–water partition coefficient (Wildman–Crippen LogP) is 2.46. The van der Waals surface area contributed by atoms with Crippen LogP contribution < -0.4 is 14.8 Å². The highest BCUT2D eigenvalue weighted by Gasteiger charge is 2.23. The summed E-state index contributed by atoms with van der Waals surface area (Å²) in [7, 11) is -2.69. The van der Waals surface area contributed by atoms with Crippen molar-refractivity contribution in [2.75, 3.05) is 19.0 Å². The average Bonchev–Trinajstić information content (AvgIpc) is 2.63. The van der Waals surface area contributed by atoms with Gasteiger partial charge in [-0.2, -0.15) is 0 Å². The van der Waals surface area contributed by atoms with Crippen molar-refractivity contribution in [3.8, 4) is 5.75 Å². The Kier molecular flexibility index (Phi) is 7.46. The van der Waals surface area contributed by atoms with Gasteiger partial charge in [0, 0.05) is 17.8 Å². The third-order valence-electron chi connectivity index (χ3n) is 3.56. The molecule has 2 rings (SSSR count). The van der Waals surface area contributed by atoms with Crippen LogP contribution >= 0.6 is 0 Å². The molecule has 2 N–H and O–H groups in total. The van der Waals surface area contributed by atoms with Crippen LogP contribution in [0.1, 0.15) is 24.2 Å². The van der Waals surface area contributed by atoms with Crippen molar-refractivity contribution in [3.05, 3.63) is 53.6 Å². The molecule has 0 aliphatic rings. The lowest BCUT2D eigenvalue weighted by Crippen LogP contribution is -2.30. The van der Waals surface area contributed by atoms with Gasteiger partial charge in [-0.25, -0.2) is 26.7 Å². The zero-order valence-electron chi connectivity index (χ0n) is 16.4. The molecule has 162 valence electrons. The van der Waals surface area contributed by atoms with E-state index < -0.39 is 46.2 Å². The number of carbonyl (C=O) groups is 2. The number of hydrogen-bond acceptors (Lipinski definition) is 6. The Hall–Kier alpha value is -3.05. The summed E-state index contributed by atoms with van der Waals surface area (Å²) >= 11 is 0. The number of hydrogen-bond donors (Lipinski definition) is 2. The number of halogens is 2. The fourth-order valence-corrected chi connectivity index (χ4v) is 3.87. The minimum atomic E-state index is -3.97. The highest BCUT2D eigenvalue weighted by atomic mass is 32.2. The van der Waals surface area contributed by atoms with E-state index in [1.165, 1.54) is 19.2 Å². The summed E-state index contributed by atoms with van der Waals surface area (Å²) in [4.78, 5) is 23.8. The van der Waals surface area contributed by atoms with Crippen LogP contribution in [0.4, 0.5) is 14.5 Å². The molecule has 0 fully saturated rings. The van der Waals surface area contributed by atoms with Gasteiger partial charge in [0.25, 0.3) is 5.91 Å². The van der Waals surface area contributed by atoms with Gasteiger partial charge in [0.05, 0.1) is 12.7 Å². The normalized spacial score (nSPS) is 11.3. The second-order valence-corrected chi connectivity index (χ2v) is 8.11. The van der Waals surface area contributed by atoms with E-state index in [-0.39, 0.29) is 21.9 Å². The van der Waals surface area contributed by atoms with Gasteiger partial charge in [-0.1, -0.05) is 0 Å². The quantitative estimate of drug-likeness (QED) is 0.608. The summed E-state index contributed by atoms with van der Waals surface area (Å²) in [5.74, 6) is -3.56. The van der Waals surface area contributed by atoms with Crippen LogP contribution in [0.15, 0.2) is 41.3 Å². The van der Waals surface area contributed by atoms with E-state index in [4.69, 9.17) is 9.47 Å². The Morgan fingerprint density at radius 3 is 2.27 bits per heavy atom. The molecule has 0 aliphatic carbocycles. The maximum Gasteiger partial charge on any atom is 0.338 e. The zero-order chi connectivity index (χ0) is 22.5. The summed E-state index contributed by atoms with van der Waals surface area (Å²) in [5, 5.41) is 2.18. The number of nitrogens with one attached hydrogen (secondary N) is 2. The number of amides is 1. The number of carbonyl (C=O) groups excluding carboxylic acids is 2. The SMILES string of the molecule is COc1ccc(C(=O)OCC(=O)Nc2cc(F)cc(F)c2)cc1S(=O)(=O)NC(C)C. The van der Waals surface area contributed by atoms with E-state index in [2.05, 4.69) is 10.0 Å². The van der Waals surface area contributed by atoms with Crippen molar-refractivity contribution in [2.24, 2.45) is 0 Å². The van der Waals surface area contributed by atoms with Gasteiger partial charge >= 0.3 is 5.97 Å². The lowest BCUT2D eigenvalue weighted by Gasteiger charge is -2.14. The van der Waals surface area contributed by atoms with E-state index in [9.17, 15) is 26.8 Å². The molecule has 0 unspecified atom stereocenters. The number of ether oxygens (including phenoxy) is 2. The Balaban J connectivity index is 2.11. The van der Waals surface area contributed by atoms with E-state index in [1.54, 1.807) is 13.8 Å². The number of anilines is 1. The standard InChI is InChI=1S/C19H20F2N2O6S/c1-11(2)23-30(26,27)17-6-12(4-5-16(17)28-3)19(25)29-10-18(24)22-15-8-13(20)7-14(21)9-15/h4-9,11,23H,10H2,1-3H3,(H,22,24). The number of sulfonamides is 1. The molecule has 0 saturated carbocycles. The number of benzene rings is 2. The van der Waals surface area contributed by atoms with Gasteiger partial charge < -0.3 is 14.8 Å². The maximum atomic E-state index is 13.1. The average molecular weight is 442 g/mol. The largest absolute Gasteiger partial charge is 0.495 e. The number of rotatable bonds is 8. The monoisotopic (exact) mass is 442 g/mol. The van der Waals surface area contributed by atoms with Crippen LogP contribution in [-0.4, -0.2) is 40.1 Å². The van der Waals surface area contributed by atoms with Gasteiger partial charge in [0.2, 0.25) is 10.0 Å². The molecular formula is C19H20F2N2O6S. The molecule has 0 aromatic heterocycles. The Bertz CT molecular complexity index is 1040. The van der Waals surface area contributed by atoms with Gasteiger partial charge in [-0.3, -0.25) is 4.79 Å². The summed E-state index contributed by atoms with van der Waals surface area (Å²) < 4.78 is 63.5. The smallest absolute Gasteiger partial charge is 0.338 e. The molecule has 11 heteroatoms. The second-order valence-electron chi connectivity index (χ2n) is 6.42. The molecule has 8 nitrogen and oxygen atoms in total. The molecule has 30 heavy (non-hydrogen) atoms. The van der Waals surface area contributed by atoms with Gasteiger partial charge in [-0.05, 0) is 44.2 Å². The van der Waals surface area contributed by atoms with Crippen LogP contribution in [0, 0.1) is 11.6 Å². The molecule has 0 aliphatic heterocycles. The van der Waals surface area contributed by atoms with Crippen molar-refractivity contribution in [1.82, 2.24) is 4.72 Å². The molecule has 0 radical (unpaired) electrons. The van der Waals surface area contributed by atoms with Crippen LogP contribution in [0.2, 0.25) is 0 Å². The summed E-state index contributed by atoms with van der Waals surface area (Å²) in [6.07, 6.45) is 0. The van der Waals surface area contributed by atoms with Crippen molar-refractivity contribution < 1.29 is 36.3 Å². The topological polar surface area (TPSA) is 111 Å². The van der Waals surface area contributed by atoms with Crippen LogP contribution in [0.5, 0.6) is 5.75 Å². The first-order valence-corrected chi connectivity index (χ1v) is 10.1. The molecule has 0 atom stereocenters. The highest BCUT2D eigenvalue weighted by molar-refractivity contribution is 7.89.